The number of aromatic nitrogens is 2. The molecule has 0 aliphatic heterocycles. The Bertz CT molecular complexity index is 1210. The van der Waals surface area contributed by atoms with Crippen LogP contribution in [-0.2, 0) is 24.3 Å². The molecule has 1 atom stereocenters. The summed E-state index contributed by atoms with van der Waals surface area (Å²) in [5.41, 5.74) is 1.62. The molecule has 1 unspecified atom stereocenters. The molecule has 0 saturated carbocycles. The molecule has 4 rings (SSSR count). The monoisotopic (exact) mass is 505 g/mol. The van der Waals surface area contributed by atoms with Crippen molar-refractivity contribution >= 4 is 39.8 Å². The number of nitrogens with zero attached hydrogens (tertiary/aromatic N) is 2. The second kappa shape index (κ2) is 10.6. The highest BCUT2D eigenvalue weighted by Gasteiger charge is 2.28. The number of hydrogen-bond donors (Lipinski definition) is 1. The van der Waals surface area contributed by atoms with Crippen LogP contribution in [0.25, 0.3) is 0 Å². The summed E-state index contributed by atoms with van der Waals surface area (Å²) in [5, 5.41) is 7.56. The average Bonchev–Trinajstić information content (AvgIpc) is 3.44. The van der Waals surface area contributed by atoms with Crippen LogP contribution >= 0.6 is 22.9 Å². The van der Waals surface area contributed by atoms with Gasteiger partial charge in [-0.15, -0.1) is 11.3 Å². The second-order valence-electron chi connectivity index (χ2n) is 8.08. The van der Waals surface area contributed by atoms with E-state index in [2.05, 4.69) is 10.4 Å². The molecule has 7 nitrogen and oxygen atoms in total. The summed E-state index contributed by atoms with van der Waals surface area (Å²) < 4.78 is 25.9. The number of anilines is 1. The maximum absolute atomic E-state index is 13.3. The van der Waals surface area contributed by atoms with E-state index < -0.39 is 17.7 Å². The Balaban J connectivity index is 1.47. The summed E-state index contributed by atoms with van der Waals surface area (Å²) in [5.74, 6) is -0.989. The van der Waals surface area contributed by atoms with Gasteiger partial charge in [-0.3, -0.25) is 4.79 Å². The molecule has 0 spiro atoms. The van der Waals surface area contributed by atoms with Crippen LogP contribution in [0.15, 0.2) is 30.5 Å². The minimum Gasteiger partial charge on any atom is -0.471 e. The minimum atomic E-state index is -0.533. The number of esters is 1. The van der Waals surface area contributed by atoms with Crippen molar-refractivity contribution in [2.45, 2.75) is 58.8 Å². The lowest BCUT2D eigenvalue weighted by Gasteiger charge is -2.15. The van der Waals surface area contributed by atoms with Gasteiger partial charge in [0.25, 0.3) is 5.91 Å². The van der Waals surface area contributed by atoms with Crippen molar-refractivity contribution in [3.8, 4) is 5.75 Å². The van der Waals surface area contributed by atoms with Crippen molar-refractivity contribution in [3.05, 3.63) is 63.0 Å². The minimum absolute atomic E-state index is 0.00895. The number of rotatable bonds is 8. The van der Waals surface area contributed by atoms with E-state index in [0.717, 1.165) is 36.1 Å². The van der Waals surface area contributed by atoms with Crippen LogP contribution < -0.4 is 10.1 Å². The first kappa shape index (κ1) is 24.2. The van der Waals surface area contributed by atoms with Gasteiger partial charge in [-0.1, -0.05) is 18.5 Å². The number of carbonyl (C=O) groups is 2. The molecule has 34 heavy (non-hydrogen) atoms. The molecule has 1 aliphatic carbocycles. The summed E-state index contributed by atoms with van der Waals surface area (Å²) in [4.78, 5) is 27.0. The molecule has 1 N–H and O–H groups in total. The van der Waals surface area contributed by atoms with Gasteiger partial charge in [0.15, 0.2) is 12.4 Å². The summed E-state index contributed by atoms with van der Waals surface area (Å²) in [6, 6.07) is 5.59. The lowest BCUT2D eigenvalue weighted by Crippen LogP contribution is -2.19. The summed E-state index contributed by atoms with van der Waals surface area (Å²) in [7, 11) is 0. The highest BCUT2D eigenvalue weighted by molar-refractivity contribution is 7.17. The van der Waals surface area contributed by atoms with Crippen LogP contribution in [0.5, 0.6) is 5.75 Å². The summed E-state index contributed by atoms with van der Waals surface area (Å²) in [6.45, 7) is 3.81. The van der Waals surface area contributed by atoms with Crippen molar-refractivity contribution in [1.82, 2.24) is 9.78 Å². The number of ether oxygens (including phenoxy) is 2. The molecule has 1 amide bonds. The topological polar surface area (TPSA) is 82.5 Å². The van der Waals surface area contributed by atoms with Crippen LogP contribution in [0.1, 0.15) is 64.4 Å². The second-order valence-corrected chi connectivity index (χ2v) is 9.60. The van der Waals surface area contributed by atoms with E-state index in [4.69, 9.17) is 21.1 Å². The van der Waals surface area contributed by atoms with Gasteiger partial charge in [-0.25, -0.2) is 13.9 Å². The molecule has 2 aromatic heterocycles. The van der Waals surface area contributed by atoms with Crippen LogP contribution in [-0.4, -0.2) is 27.8 Å². The Morgan fingerprint density at radius 1 is 1.29 bits per heavy atom. The van der Waals surface area contributed by atoms with Gasteiger partial charge >= 0.3 is 5.97 Å². The number of nitrogens with one attached hydrogen (secondary N) is 1. The number of hydrogen-bond acceptors (Lipinski definition) is 6. The fourth-order valence-corrected chi connectivity index (χ4v) is 5.07. The van der Waals surface area contributed by atoms with Gasteiger partial charge in [-0.05, 0) is 62.8 Å². The maximum atomic E-state index is 13.3. The molecule has 2 heterocycles. The van der Waals surface area contributed by atoms with Crippen molar-refractivity contribution in [2.75, 3.05) is 5.32 Å². The average molecular weight is 506 g/mol. The lowest BCUT2D eigenvalue weighted by molar-refractivity contribution is 0.0335. The number of fused-ring (bicyclic) bond motifs is 1. The molecule has 3 aromatic rings. The third-order valence-electron chi connectivity index (χ3n) is 5.61. The molecule has 1 aromatic carbocycles. The fourth-order valence-electron chi connectivity index (χ4n) is 3.62. The van der Waals surface area contributed by atoms with E-state index in [-0.39, 0.29) is 23.6 Å². The maximum Gasteiger partial charge on any atom is 0.341 e. The first-order valence-corrected chi connectivity index (χ1v) is 12.3. The van der Waals surface area contributed by atoms with E-state index in [9.17, 15) is 14.0 Å². The number of carbonyl (C=O) groups excluding carboxylic acids is 2. The summed E-state index contributed by atoms with van der Waals surface area (Å²) >= 11 is 7.19. The molecule has 0 saturated heterocycles. The Labute approximate surface area is 205 Å². The van der Waals surface area contributed by atoms with Crippen LogP contribution in [0.2, 0.25) is 5.02 Å². The van der Waals surface area contributed by atoms with Gasteiger partial charge < -0.3 is 14.8 Å². The van der Waals surface area contributed by atoms with Crippen molar-refractivity contribution < 1.29 is 23.5 Å². The molecular weight excluding hydrogens is 481 g/mol. The molecule has 0 bridgehead atoms. The number of amides is 1. The normalized spacial score (nSPS) is 13.8. The van der Waals surface area contributed by atoms with Crippen LogP contribution in [0, 0.1) is 5.82 Å². The predicted octanol–water partition coefficient (Wildman–Crippen LogP) is 5.86. The zero-order chi connectivity index (χ0) is 24.2. The van der Waals surface area contributed by atoms with Crippen molar-refractivity contribution in [1.29, 1.82) is 0 Å². The lowest BCUT2D eigenvalue weighted by atomic mass is 9.95. The number of aryl methyl sites for hydroxylation is 1. The first-order valence-electron chi connectivity index (χ1n) is 11.1. The SMILES string of the molecule is CCC(C)OC(=O)c1c(NC(=O)c2ccn(COc3ccc(F)c(Cl)c3)n2)sc2c1CCCC2. The van der Waals surface area contributed by atoms with Gasteiger partial charge in [0.2, 0.25) is 0 Å². The number of halogens is 2. The highest BCUT2D eigenvalue weighted by atomic mass is 35.5. The summed E-state index contributed by atoms with van der Waals surface area (Å²) in [6.07, 6.45) is 5.85. The Kier molecular flexibility index (Phi) is 7.53. The zero-order valence-corrected chi connectivity index (χ0v) is 20.5. The molecular formula is C24H25ClFN3O4S. The van der Waals surface area contributed by atoms with Crippen molar-refractivity contribution in [3.63, 3.8) is 0 Å². The Hall–Kier alpha value is -2.91. The number of benzene rings is 1. The van der Waals surface area contributed by atoms with Gasteiger partial charge in [0, 0.05) is 17.1 Å². The molecule has 10 heteroatoms. The molecule has 180 valence electrons. The van der Waals surface area contributed by atoms with E-state index in [1.807, 2.05) is 13.8 Å². The third kappa shape index (κ3) is 5.42. The van der Waals surface area contributed by atoms with Crippen molar-refractivity contribution in [2.24, 2.45) is 0 Å². The number of thiophene rings is 1. The Morgan fingerprint density at radius 3 is 2.85 bits per heavy atom. The standard InChI is InChI=1S/C24H25ClFN3O4S/c1-3-14(2)33-24(31)21-16-6-4-5-7-20(16)34-23(21)27-22(30)19-10-11-29(28-19)13-32-15-8-9-18(26)17(25)12-15/h8-12,14H,3-7,13H2,1-2H3,(H,27,30). The first-order chi connectivity index (χ1) is 16.4. The third-order valence-corrected chi connectivity index (χ3v) is 7.11. The van der Waals surface area contributed by atoms with E-state index >= 15 is 0 Å². The van der Waals surface area contributed by atoms with E-state index in [1.54, 1.807) is 12.3 Å². The molecule has 1 aliphatic rings. The fraction of sp³-hybridized carbons (Fsp3) is 0.375. The van der Waals surface area contributed by atoms with E-state index in [0.29, 0.717) is 22.7 Å². The largest absolute Gasteiger partial charge is 0.471 e. The van der Waals surface area contributed by atoms with E-state index in [1.165, 1.54) is 34.2 Å². The van der Waals surface area contributed by atoms with Crippen LogP contribution in [0.4, 0.5) is 9.39 Å². The Morgan fingerprint density at radius 2 is 2.09 bits per heavy atom. The van der Waals surface area contributed by atoms with Crippen LogP contribution in [0.3, 0.4) is 0 Å². The predicted molar refractivity (Wildman–Crippen MR) is 128 cm³/mol. The highest BCUT2D eigenvalue weighted by Crippen LogP contribution is 2.39. The quantitative estimate of drug-likeness (QED) is 0.388. The van der Waals surface area contributed by atoms with Gasteiger partial charge in [-0.2, -0.15) is 5.10 Å². The molecule has 0 radical (unpaired) electrons. The van der Waals surface area contributed by atoms with Gasteiger partial charge in [0.05, 0.1) is 16.7 Å². The van der Waals surface area contributed by atoms with Gasteiger partial charge in [0.1, 0.15) is 16.6 Å². The smallest absolute Gasteiger partial charge is 0.341 e. The molecule has 0 fully saturated rings. The zero-order valence-electron chi connectivity index (χ0n) is 18.9.